The van der Waals surface area contributed by atoms with Crippen molar-refractivity contribution < 1.29 is 9.47 Å². The van der Waals surface area contributed by atoms with E-state index in [2.05, 4.69) is 6.58 Å². The molecule has 0 amide bonds. The zero-order chi connectivity index (χ0) is 6.53. The van der Waals surface area contributed by atoms with Crippen molar-refractivity contribution >= 4 is 0 Å². The van der Waals surface area contributed by atoms with Crippen LogP contribution in [0.1, 0.15) is 0 Å². The Balaban J connectivity index is 1.91. The topological polar surface area (TPSA) is 21.8 Å². The Morgan fingerprint density at radius 3 is 3.11 bits per heavy atom. The van der Waals surface area contributed by atoms with Gasteiger partial charge in [0.2, 0.25) is 0 Å². The van der Waals surface area contributed by atoms with Crippen molar-refractivity contribution in [3.63, 3.8) is 0 Å². The van der Waals surface area contributed by atoms with Gasteiger partial charge in [-0.2, -0.15) is 0 Å². The minimum absolute atomic E-state index is 0.347. The molecule has 2 heteroatoms. The Kier molecular flexibility index (Phi) is 2.33. The van der Waals surface area contributed by atoms with E-state index in [1.54, 1.807) is 18.4 Å². The van der Waals surface area contributed by atoms with E-state index in [-0.39, 0.29) is 0 Å². The fourth-order valence-electron chi connectivity index (χ4n) is 0.438. The third-order valence-corrected chi connectivity index (χ3v) is 0.995. The Hall–Kier alpha value is -0.760. The van der Waals surface area contributed by atoms with Gasteiger partial charge in [-0.1, -0.05) is 12.7 Å². The number of rotatable bonds is 4. The predicted octanol–water partition coefficient (Wildman–Crippen LogP) is 1.10. The van der Waals surface area contributed by atoms with Gasteiger partial charge >= 0.3 is 0 Å². The first kappa shape index (κ1) is 6.36. The molecule has 2 nitrogen and oxygen atoms in total. The number of hydrogen-bond acceptors (Lipinski definition) is 2. The number of ether oxygens (including phenoxy) is 2. The molecule has 0 saturated carbocycles. The standard InChI is InChI=1S/C7H10O2/c1-2-3-4-8-5-7-6-9-7/h2-4,7H,1,5-6H2/b4-3+. The van der Waals surface area contributed by atoms with Gasteiger partial charge in [-0.25, -0.2) is 0 Å². The van der Waals surface area contributed by atoms with Crippen LogP contribution in [0.5, 0.6) is 0 Å². The molecule has 1 saturated heterocycles. The molecule has 1 rings (SSSR count). The van der Waals surface area contributed by atoms with E-state index in [1.807, 2.05) is 0 Å². The van der Waals surface area contributed by atoms with E-state index in [4.69, 9.17) is 9.47 Å². The molecule has 50 valence electrons. The zero-order valence-electron chi connectivity index (χ0n) is 5.25. The third kappa shape index (κ3) is 2.93. The van der Waals surface area contributed by atoms with E-state index < -0.39 is 0 Å². The quantitative estimate of drug-likeness (QED) is 0.319. The molecule has 1 aliphatic heterocycles. The molecule has 0 aromatic rings. The highest BCUT2D eigenvalue weighted by atomic mass is 16.6. The molecule has 1 unspecified atom stereocenters. The van der Waals surface area contributed by atoms with Crippen molar-refractivity contribution in [2.75, 3.05) is 13.2 Å². The highest BCUT2D eigenvalue weighted by Gasteiger charge is 2.22. The molecule has 0 aliphatic carbocycles. The van der Waals surface area contributed by atoms with Gasteiger partial charge in [0.1, 0.15) is 12.7 Å². The Morgan fingerprint density at radius 1 is 1.78 bits per heavy atom. The van der Waals surface area contributed by atoms with E-state index in [0.29, 0.717) is 12.7 Å². The summed E-state index contributed by atoms with van der Waals surface area (Å²) >= 11 is 0. The molecule has 0 bridgehead atoms. The lowest BCUT2D eigenvalue weighted by Crippen LogP contribution is -1.94. The van der Waals surface area contributed by atoms with E-state index in [9.17, 15) is 0 Å². The lowest BCUT2D eigenvalue weighted by molar-refractivity contribution is 0.212. The number of hydrogen-bond donors (Lipinski definition) is 0. The van der Waals surface area contributed by atoms with Crippen LogP contribution in [0.25, 0.3) is 0 Å². The average Bonchev–Trinajstić information content (AvgIpc) is 2.63. The van der Waals surface area contributed by atoms with Crippen LogP contribution < -0.4 is 0 Å². The number of allylic oxidation sites excluding steroid dienone is 2. The smallest absolute Gasteiger partial charge is 0.116 e. The average molecular weight is 126 g/mol. The maximum absolute atomic E-state index is 5.02. The molecular formula is C7H10O2. The maximum Gasteiger partial charge on any atom is 0.116 e. The first-order chi connectivity index (χ1) is 4.43. The van der Waals surface area contributed by atoms with Crippen LogP contribution in [0.15, 0.2) is 25.0 Å². The van der Waals surface area contributed by atoms with Crippen molar-refractivity contribution in [2.24, 2.45) is 0 Å². The second-order valence-corrected chi connectivity index (χ2v) is 1.85. The van der Waals surface area contributed by atoms with E-state index >= 15 is 0 Å². The van der Waals surface area contributed by atoms with Crippen molar-refractivity contribution in [3.05, 3.63) is 25.0 Å². The Bertz CT molecular complexity index is 114. The van der Waals surface area contributed by atoms with Crippen LogP contribution in [-0.2, 0) is 9.47 Å². The van der Waals surface area contributed by atoms with Crippen molar-refractivity contribution in [2.45, 2.75) is 6.10 Å². The highest BCUT2D eigenvalue weighted by molar-refractivity contribution is 4.93. The monoisotopic (exact) mass is 126 g/mol. The molecule has 1 heterocycles. The first-order valence-corrected chi connectivity index (χ1v) is 2.94. The van der Waals surface area contributed by atoms with Gasteiger partial charge in [0.05, 0.1) is 12.9 Å². The predicted molar refractivity (Wildman–Crippen MR) is 35.0 cm³/mol. The number of epoxide rings is 1. The van der Waals surface area contributed by atoms with Gasteiger partial charge in [0.25, 0.3) is 0 Å². The minimum atomic E-state index is 0.347. The highest BCUT2D eigenvalue weighted by Crippen LogP contribution is 2.08. The summed E-state index contributed by atoms with van der Waals surface area (Å²) in [4.78, 5) is 0. The molecule has 1 aliphatic rings. The lowest BCUT2D eigenvalue weighted by atomic mass is 10.5. The molecule has 0 spiro atoms. The van der Waals surface area contributed by atoms with Crippen LogP contribution in [0.4, 0.5) is 0 Å². The van der Waals surface area contributed by atoms with Gasteiger partial charge in [0, 0.05) is 0 Å². The molecule has 1 fully saturated rings. The molecular weight excluding hydrogens is 116 g/mol. The summed E-state index contributed by atoms with van der Waals surface area (Å²) in [6.07, 6.45) is 5.39. The summed E-state index contributed by atoms with van der Waals surface area (Å²) in [5.74, 6) is 0. The largest absolute Gasteiger partial charge is 0.498 e. The first-order valence-electron chi connectivity index (χ1n) is 2.94. The van der Waals surface area contributed by atoms with E-state index in [1.165, 1.54) is 0 Å². The Morgan fingerprint density at radius 2 is 2.56 bits per heavy atom. The minimum Gasteiger partial charge on any atom is -0.498 e. The molecule has 1 atom stereocenters. The fraction of sp³-hybridized carbons (Fsp3) is 0.429. The summed E-state index contributed by atoms with van der Waals surface area (Å²) in [6, 6.07) is 0. The molecule has 0 aromatic heterocycles. The fourth-order valence-corrected chi connectivity index (χ4v) is 0.438. The Labute approximate surface area is 54.8 Å². The normalized spacial score (nSPS) is 24.2. The SMILES string of the molecule is C=C/C=C/OCC1CO1. The molecule has 9 heavy (non-hydrogen) atoms. The van der Waals surface area contributed by atoms with Gasteiger partial charge < -0.3 is 9.47 Å². The maximum atomic E-state index is 5.02. The molecule has 0 aromatic carbocycles. The van der Waals surface area contributed by atoms with E-state index in [0.717, 1.165) is 6.61 Å². The second kappa shape index (κ2) is 3.30. The summed E-state index contributed by atoms with van der Waals surface area (Å²) in [7, 11) is 0. The summed E-state index contributed by atoms with van der Waals surface area (Å²) in [5, 5.41) is 0. The van der Waals surface area contributed by atoms with Crippen molar-refractivity contribution in [1.82, 2.24) is 0 Å². The summed E-state index contributed by atoms with van der Waals surface area (Å²) in [6.45, 7) is 5.02. The van der Waals surface area contributed by atoms with Crippen LogP contribution >= 0.6 is 0 Å². The van der Waals surface area contributed by atoms with Crippen LogP contribution in [0.2, 0.25) is 0 Å². The van der Waals surface area contributed by atoms with Gasteiger partial charge in [0.15, 0.2) is 0 Å². The third-order valence-electron chi connectivity index (χ3n) is 0.995. The lowest BCUT2D eigenvalue weighted by Gasteiger charge is -1.92. The van der Waals surface area contributed by atoms with Crippen molar-refractivity contribution in [1.29, 1.82) is 0 Å². The van der Waals surface area contributed by atoms with Crippen molar-refractivity contribution in [3.8, 4) is 0 Å². The van der Waals surface area contributed by atoms with Gasteiger partial charge in [-0.15, -0.1) is 0 Å². The van der Waals surface area contributed by atoms with Gasteiger partial charge in [-0.05, 0) is 6.08 Å². The van der Waals surface area contributed by atoms with Gasteiger partial charge in [-0.3, -0.25) is 0 Å². The molecule has 0 N–H and O–H groups in total. The van der Waals surface area contributed by atoms with Crippen LogP contribution in [-0.4, -0.2) is 19.3 Å². The zero-order valence-corrected chi connectivity index (χ0v) is 5.25. The van der Waals surface area contributed by atoms with Crippen LogP contribution in [0.3, 0.4) is 0 Å². The summed E-state index contributed by atoms with van der Waals surface area (Å²) < 4.78 is 9.93. The molecule has 0 radical (unpaired) electrons. The summed E-state index contributed by atoms with van der Waals surface area (Å²) in [5.41, 5.74) is 0. The second-order valence-electron chi connectivity index (χ2n) is 1.85. The van der Waals surface area contributed by atoms with Crippen LogP contribution in [0, 0.1) is 0 Å².